The molecule has 1 amide bonds. The van der Waals surface area contributed by atoms with Crippen LogP contribution < -0.4 is 14.8 Å². The standard InChI is InChI=1S/C29H33N3O4/c1-7-30-29(33)25-24(16-8-9-17-19(11-16)27-26-15(4)10-21(17)32(26)27)28(36-31-25)20-12-18(14(2)3)22(34-5)13-23(20)35-6/h8-9,11-15,21,26-27H,7,10H2,1-6H3,(H,30,33). The van der Waals surface area contributed by atoms with E-state index in [1.54, 1.807) is 14.2 Å². The summed E-state index contributed by atoms with van der Waals surface area (Å²) in [5.74, 6) is 2.58. The quantitative estimate of drug-likeness (QED) is 0.430. The fourth-order valence-corrected chi connectivity index (χ4v) is 6.50. The molecule has 7 heteroatoms. The Morgan fingerprint density at radius 2 is 1.94 bits per heavy atom. The molecule has 5 unspecified atom stereocenters. The second-order valence-corrected chi connectivity index (χ2v) is 10.5. The van der Waals surface area contributed by atoms with Gasteiger partial charge in [-0.3, -0.25) is 9.69 Å². The van der Waals surface area contributed by atoms with Gasteiger partial charge in [0.1, 0.15) is 11.5 Å². The van der Waals surface area contributed by atoms with Crippen molar-refractivity contribution in [1.82, 2.24) is 15.4 Å². The minimum Gasteiger partial charge on any atom is -0.496 e. The first-order valence-electron chi connectivity index (χ1n) is 12.8. The summed E-state index contributed by atoms with van der Waals surface area (Å²) in [4.78, 5) is 15.7. The molecule has 0 radical (unpaired) electrons. The van der Waals surface area contributed by atoms with Gasteiger partial charge in [0.2, 0.25) is 0 Å². The van der Waals surface area contributed by atoms with Gasteiger partial charge in [-0.15, -0.1) is 0 Å². The Bertz CT molecular complexity index is 1360. The van der Waals surface area contributed by atoms with Gasteiger partial charge < -0.3 is 19.3 Å². The predicted octanol–water partition coefficient (Wildman–Crippen LogP) is 5.72. The Balaban J connectivity index is 1.53. The molecular formula is C29H33N3O4. The summed E-state index contributed by atoms with van der Waals surface area (Å²) in [6, 6.07) is 12.2. The number of piperidine rings is 1. The number of hydrogen-bond acceptors (Lipinski definition) is 6. The van der Waals surface area contributed by atoms with Crippen molar-refractivity contribution in [2.75, 3.05) is 20.8 Å². The molecule has 0 spiro atoms. The van der Waals surface area contributed by atoms with Crippen LogP contribution in [-0.4, -0.2) is 42.8 Å². The highest BCUT2D eigenvalue weighted by Crippen LogP contribution is 2.67. The van der Waals surface area contributed by atoms with E-state index in [2.05, 4.69) is 54.3 Å². The average molecular weight is 488 g/mol. The third kappa shape index (κ3) is 3.22. The Morgan fingerprint density at radius 1 is 1.17 bits per heavy atom. The second-order valence-electron chi connectivity index (χ2n) is 10.5. The summed E-state index contributed by atoms with van der Waals surface area (Å²) in [6.45, 7) is 9.00. The zero-order chi connectivity index (χ0) is 25.3. The number of aromatic nitrogens is 1. The average Bonchev–Trinajstić information content (AvgIpc) is 3.16. The maximum Gasteiger partial charge on any atom is 0.274 e. The number of amides is 1. The van der Waals surface area contributed by atoms with E-state index in [4.69, 9.17) is 14.0 Å². The van der Waals surface area contributed by atoms with Crippen molar-refractivity contribution in [2.45, 2.75) is 58.2 Å². The highest BCUT2D eigenvalue weighted by atomic mass is 16.5. The van der Waals surface area contributed by atoms with Crippen LogP contribution in [0.5, 0.6) is 11.5 Å². The molecule has 3 aromatic rings. The molecule has 0 bridgehead atoms. The highest BCUT2D eigenvalue weighted by molar-refractivity contribution is 6.02. The largest absolute Gasteiger partial charge is 0.496 e. The number of rotatable bonds is 7. The van der Waals surface area contributed by atoms with Crippen LogP contribution in [0.2, 0.25) is 0 Å². The Kier molecular flexibility index (Phi) is 5.37. The molecule has 1 aromatic heterocycles. The molecule has 2 fully saturated rings. The monoisotopic (exact) mass is 487 g/mol. The second kappa shape index (κ2) is 8.37. The van der Waals surface area contributed by atoms with Gasteiger partial charge in [0.15, 0.2) is 11.5 Å². The van der Waals surface area contributed by atoms with Crippen molar-refractivity contribution < 1.29 is 18.8 Å². The lowest BCUT2D eigenvalue weighted by molar-refractivity contribution is 0.0947. The fourth-order valence-electron chi connectivity index (χ4n) is 6.50. The Hall–Kier alpha value is -3.32. The lowest BCUT2D eigenvalue weighted by Crippen LogP contribution is -2.23. The topological polar surface area (TPSA) is 76.6 Å². The summed E-state index contributed by atoms with van der Waals surface area (Å²) >= 11 is 0. The maximum absolute atomic E-state index is 13.1. The van der Waals surface area contributed by atoms with E-state index in [1.807, 2.05) is 19.1 Å². The highest BCUT2D eigenvalue weighted by Gasteiger charge is 2.65. The molecule has 36 heavy (non-hydrogen) atoms. The van der Waals surface area contributed by atoms with Gasteiger partial charge in [-0.05, 0) is 59.6 Å². The smallest absolute Gasteiger partial charge is 0.274 e. The van der Waals surface area contributed by atoms with E-state index in [-0.39, 0.29) is 17.5 Å². The zero-order valence-electron chi connectivity index (χ0n) is 21.7. The van der Waals surface area contributed by atoms with E-state index >= 15 is 0 Å². The number of carbonyl (C=O) groups excluding carboxylic acids is 1. The molecule has 7 nitrogen and oxygen atoms in total. The van der Waals surface area contributed by atoms with Crippen molar-refractivity contribution in [1.29, 1.82) is 0 Å². The van der Waals surface area contributed by atoms with Crippen LogP contribution in [0, 0.1) is 5.92 Å². The van der Waals surface area contributed by atoms with E-state index in [1.165, 1.54) is 17.5 Å². The number of nitrogens with zero attached hydrogens (tertiary/aromatic N) is 2. The van der Waals surface area contributed by atoms with Gasteiger partial charge in [0.25, 0.3) is 5.91 Å². The molecule has 3 aliphatic rings. The van der Waals surface area contributed by atoms with E-state index in [0.29, 0.717) is 47.7 Å². The molecule has 0 aliphatic carbocycles. The first kappa shape index (κ1) is 23.1. The first-order chi connectivity index (χ1) is 17.4. The molecule has 1 N–H and O–H groups in total. The van der Waals surface area contributed by atoms with Gasteiger partial charge >= 0.3 is 0 Å². The van der Waals surface area contributed by atoms with Crippen LogP contribution in [-0.2, 0) is 0 Å². The van der Waals surface area contributed by atoms with Gasteiger partial charge in [0, 0.05) is 24.7 Å². The minimum atomic E-state index is -0.249. The van der Waals surface area contributed by atoms with Gasteiger partial charge in [-0.25, -0.2) is 0 Å². The van der Waals surface area contributed by atoms with Crippen molar-refractivity contribution >= 4 is 5.91 Å². The van der Waals surface area contributed by atoms with Crippen molar-refractivity contribution in [2.24, 2.45) is 5.92 Å². The zero-order valence-corrected chi connectivity index (χ0v) is 21.7. The summed E-state index contributed by atoms with van der Waals surface area (Å²) in [5, 5.41) is 7.16. The number of fused-ring (bicyclic) bond motifs is 4. The van der Waals surface area contributed by atoms with Crippen LogP contribution in [0.4, 0.5) is 0 Å². The summed E-state index contributed by atoms with van der Waals surface area (Å²) in [6.07, 6.45) is 1.22. The van der Waals surface area contributed by atoms with Crippen LogP contribution in [0.15, 0.2) is 34.9 Å². The van der Waals surface area contributed by atoms with Crippen LogP contribution in [0.1, 0.15) is 79.3 Å². The molecular weight excluding hydrogens is 454 g/mol. The minimum absolute atomic E-state index is 0.220. The Labute approximate surface area is 211 Å². The number of methoxy groups -OCH3 is 2. The predicted molar refractivity (Wildman–Crippen MR) is 137 cm³/mol. The number of carbonyl (C=O) groups is 1. The number of benzene rings is 2. The van der Waals surface area contributed by atoms with Crippen LogP contribution in [0.3, 0.4) is 0 Å². The molecule has 2 saturated heterocycles. The normalized spacial score (nSPS) is 25.0. The van der Waals surface area contributed by atoms with Gasteiger partial charge in [0.05, 0.1) is 31.4 Å². The molecule has 2 aromatic carbocycles. The summed E-state index contributed by atoms with van der Waals surface area (Å²) < 4.78 is 17.3. The third-order valence-electron chi connectivity index (χ3n) is 8.15. The fraction of sp³-hybridized carbons (Fsp3) is 0.448. The van der Waals surface area contributed by atoms with Crippen LogP contribution in [0.25, 0.3) is 22.5 Å². The lowest BCUT2D eigenvalue weighted by atomic mass is 9.91. The molecule has 5 atom stereocenters. The summed E-state index contributed by atoms with van der Waals surface area (Å²) in [7, 11) is 3.29. The molecule has 4 heterocycles. The number of nitrogens with one attached hydrogen (secondary N) is 1. The molecule has 188 valence electrons. The molecule has 6 rings (SSSR count). The van der Waals surface area contributed by atoms with E-state index < -0.39 is 0 Å². The third-order valence-corrected chi connectivity index (χ3v) is 8.15. The van der Waals surface area contributed by atoms with Gasteiger partial charge in [-0.2, -0.15) is 0 Å². The number of hydrogen-bond donors (Lipinski definition) is 1. The SMILES string of the molecule is CCNC(=O)c1noc(-c2cc(C(C)C)c(OC)cc2OC)c1-c1ccc2c(c1)C1C3C(C)CC2N13. The van der Waals surface area contributed by atoms with E-state index in [0.717, 1.165) is 22.4 Å². The molecule has 0 saturated carbocycles. The summed E-state index contributed by atoms with van der Waals surface area (Å²) in [5.41, 5.74) is 6.51. The molecule has 3 aliphatic heterocycles. The van der Waals surface area contributed by atoms with Gasteiger partial charge in [-0.1, -0.05) is 38.1 Å². The van der Waals surface area contributed by atoms with Crippen molar-refractivity contribution in [3.8, 4) is 33.9 Å². The number of ether oxygens (including phenoxy) is 2. The lowest BCUT2D eigenvalue weighted by Gasteiger charge is -2.17. The Morgan fingerprint density at radius 3 is 2.64 bits per heavy atom. The van der Waals surface area contributed by atoms with Crippen molar-refractivity contribution in [3.05, 3.63) is 52.7 Å². The van der Waals surface area contributed by atoms with Crippen molar-refractivity contribution in [3.63, 3.8) is 0 Å². The first-order valence-corrected chi connectivity index (χ1v) is 12.8. The maximum atomic E-state index is 13.1. The van der Waals surface area contributed by atoms with E-state index in [9.17, 15) is 4.79 Å². The van der Waals surface area contributed by atoms with Crippen LogP contribution >= 0.6 is 0 Å².